The van der Waals surface area contributed by atoms with E-state index in [2.05, 4.69) is 0 Å². The van der Waals surface area contributed by atoms with Crippen molar-refractivity contribution < 1.29 is 55.3 Å². The SMILES string of the molecule is [Mg].[Mn].[Ni].[Si].[Ti]. The molecule has 5 heavy (non-hydrogen) atoms. The van der Waals surface area contributed by atoms with Crippen molar-refractivity contribution in [2.24, 2.45) is 0 Å². The Kier molecular flexibility index (Phi) is 282. The maximum absolute atomic E-state index is 0. The second-order valence-corrected chi connectivity index (χ2v) is 0. The van der Waals surface area contributed by atoms with E-state index in [0.717, 1.165) is 0 Å². The molecule has 0 heterocycles. The van der Waals surface area contributed by atoms with E-state index in [1.54, 1.807) is 0 Å². The average molecular weight is 214 g/mol. The fraction of sp³-hybridized carbons (Fsp3) is 0. The standard InChI is InChI=1S/Mg.Mn.Ni.Si.Ti. The van der Waals surface area contributed by atoms with Crippen molar-refractivity contribution in [2.45, 2.75) is 0 Å². The van der Waals surface area contributed by atoms with Gasteiger partial charge in [0.25, 0.3) is 0 Å². The molecule has 0 saturated carbocycles. The van der Waals surface area contributed by atoms with Crippen LogP contribution in [-0.2, 0) is 55.3 Å². The zero-order valence-electron chi connectivity index (χ0n) is 2.40. The molecule has 0 aromatic rings. The molecule has 0 spiro atoms. The zero-order valence-corrected chi connectivity index (χ0v) is 8.55. The second-order valence-electron chi connectivity index (χ2n) is 0. The molecule has 0 fully saturated rings. The molecule has 7 radical (unpaired) electrons. The smallest absolute Gasteiger partial charge is 0 e. The van der Waals surface area contributed by atoms with Gasteiger partial charge in [0.1, 0.15) is 0 Å². The zero-order chi connectivity index (χ0) is 0. The van der Waals surface area contributed by atoms with Crippen molar-refractivity contribution in [3.8, 4) is 0 Å². The van der Waals surface area contributed by atoms with Crippen LogP contribution in [0.25, 0.3) is 0 Å². The van der Waals surface area contributed by atoms with E-state index >= 15 is 0 Å². The summed E-state index contributed by atoms with van der Waals surface area (Å²) in [4.78, 5) is 0. The van der Waals surface area contributed by atoms with Crippen molar-refractivity contribution >= 4 is 34.0 Å². The third-order valence-electron chi connectivity index (χ3n) is 0. The summed E-state index contributed by atoms with van der Waals surface area (Å²) in [5, 5.41) is 0. The third kappa shape index (κ3) is 20.3. The first-order valence-electron chi connectivity index (χ1n) is 0. The fourth-order valence-corrected chi connectivity index (χ4v) is 0. The molecular weight excluding hydrogens is 214 g/mol. The van der Waals surface area contributed by atoms with Crippen molar-refractivity contribution in [3.05, 3.63) is 0 Å². The van der Waals surface area contributed by atoms with Crippen LogP contribution in [0.1, 0.15) is 0 Å². The Labute approximate surface area is 88.1 Å². The summed E-state index contributed by atoms with van der Waals surface area (Å²) in [6, 6.07) is 0. The van der Waals surface area contributed by atoms with Gasteiger partial charge in [-0.2, -0.15) is 0 Å². The third-order valence-corrected chi connectivity index (χ3v) is 0. The molecule has 5 heteroatoms. The van der Waals surface area contributed by atoms with Gasteiger partial charge < -0.3 is 0 Å². The molecule has 0 aliphatic heterocycles. The Morgan fingerprint density at radius 1 is 1.00 bits per heavy atom. The van der Waals surface area contributed by atoms with Crippen LogP contribution in [0.4, 0.5) is 0 Å². The van der Waals surface area contributed by atoms with Crippen LogP contribution in [0.3, 0.4) is 0 Å². The van der Waals surface area contributed by atoms with E-state index in [9.17, 15) is 0 Å². The van der Waals surface area contributed by atoms with Crippen molar-refractivity contribution in [3.63, 3.8) is 0 Å². The summed E-state index contributed by atoms with van der Waals surface area (Å²) in [5.41, 5.74) is 0. The van der Waals surface area contributed by atoms with E-state index in [1.807, 2.05) is 0 Å². The Hall–Kier alpha value is 2.71. The molecule has 0 atom stereocenters. The van der Waals surface area contributed by atoms with Crippen LogP contribution in [-0.4, -0.2) is 34.0 Å². The van der Waals surface area contributed by atoms with Gasteiger partial charge in [0.05, 0.1) is 0 Å². The average Bonchev–Trinajstić information content (AvgIpc) is 0. The largest absolute Gasteiger partial charge is 0 e. The minimum absolute atomic E-state index is 0. The monoisotopic (exact) mass is 213 g/mol. The van der Waals surface area contributed by atoms with Crippen LogP contribution in [0.2, 0.25) is 0 Å². The molecule has 0 bridgehead atoms. The molecular formula is MgMnNiSiTi. The summed E-state index contributed by atoms with van der Waals surface area (Å²) >= 11 is 0. The van der Waals surface area contributed by atoms with Crippen molar-refractivity contribution in [1.29, 1.82) is 0 Å². The van der Waals surface area contributed by atoms with Crippen molar-refractivity contribution in [2.75, 3.05) is 0 Å². The van der Waals surface area contributed by atoms with Gasteiger partial charge in [0.15, 0.2) is 0 Å². The first-order chi connectivity index (χ1) is 0. The molecule has 0 nitrogen and oxygen atoms in total. The van der Waals surface area contributed by atoms with E-state index in [1.165, 1.54) is 0 Å². The van der Waals surface area contributed by atoms with E-state index in [0.29, 0.717) is 0 Å². The fourth-order valence-electron chi connectivity index (χ4n) is 0. The van der Waals surface area contributed by atoms with Gasteiger partial charge in [-0.25, -0.2) is 0 Å². The van der Waals surface area contributed by atoms with Crippen LogP contribution in [0.15, 0.2) is 0 Å². The van der Waals surface area contributed by atoms with Gasteiger partial charge in [0.2, 0.25) is 0 Å². The number of hydrogen-bond donors (Lipinski definition) is 0. The first-order valence-corrected chi connectivity index (χ1v) is 0. The molecule has 0 amide bonds. The van der Waals surface area contributed by atoms with Gasteiger partial charge in [-0.05, 0) is 0 Å². The summed E-state index contributed by atoms with van der Waals surface area (Å²) in [6.07, 6.45) is 0. The Morgan fingerprint density at radius 3 is 1.00 bits per heavy atom. The predicted molar refractivity (Wildman–Crippen MR) is 11.5 cm³/mol. The molecule has 0 aromatic heterocycles. The summed E-state index contributed by atoms with van der Waals surface area (Å²) < 4.78 is 0. The topological polar surface area (TPSA) is 0 Å². The summed E-state index contributed by atoms with van der Waals surface area (Å²) in [7, 11) is 0. The predicted octanol–water partition coefficient (Wildman–Crippen LogP) is -0.769. The van der Waals surface area contributed by atoms with Crippen LogP contribution < -0.4 is 0 Å². The maximum Gasteiger partial charge on any atom is 0 e. The Morgan fingerprint density at radius 2 is 1.00 bits per heavy atom. The van der Waals surface area contributed by atoms with Gasteiger partial charge >= 0.3 is 0 Å². The van der Waals surface area contributed by atoms with Gasteiger partial charge in [0, 0.05) is 89.3 Å². The van der Waals surface area contributed by atoms with Crippen LogP contribution in [0.5, 0.6) is 0 Å². The van der Waals surface area contributed by atoms with E-state index < -0.39 is 0 Å². The molecule has 0 aliphatic carbocycles. The van der Waals surface area contributed by atoms with E-state index in [4.69, 9.17) is 0 Å². The summed E-state index contributed by atoms with van der Waals surface area (Å²) in [6.45, 7) is 0. The summed E-state index contributed by atoms with van der Waals surface area (Å²) in [5.74, 6) is 0. The first kappa shape index (κ1) is 47.3. The quantitative estimate of drug-likeness (QED) is 0.464. The molecule has 0 aromatic carbocycles. The molecule has 27 valence electrons. The minimum Gasteiger partial charge on any atom is 0 e. The van der Waals surface area contributed by atoms with Crippen LogP contribution >= 0.6 is 0 Å². The molecule has 0 unspecified atom stereocenters. The number of rotatable bonds is 0. The molecule has 0 N–H and O–H groups in total. The Balaban J connectivity index is 0. The Bertz CT molecular complexity index is 11.6. The van der Waals surface area contributed by atoms with Crippen molar-refractivity contribution in [1.82, 2.24) is 0 Å². The normalized spacial score (nSPS) is 0. The van der Waals surface area contributed by atoms with E-state index in [-0.39, 0.29) is 89.3 Å². The second kappa shape index (κ2) is 29.8. The molecule has 0 saturated heterocycles. The van der Waals surface area contributed by atoms with Gasteiger partial charge in [-0.15, -0.1) is 0 Å². The molecule has 0 aliphatic rings. The molecule has 0 rings (SSSR count). The maximum atomic E-state index is 0. The van der Waals surface area contributed by atoms with Gasteiger partial charge in [-0.3, -0.25) is 0 Å². The van der Waals surface area contributed by atoms with Crippen LogP contribution in [0, 0.1) is 0 Å². The minimum atomic E-state index is 0. The number of hydrogen-bond acceptors (Lipinski definition) is 0. The van der Waals surface area contributed by atoms with Gasteiger partial charge in [-0.1, -0.05) is 0 Å².